The summed E-state index contributed by atoms with van der Waals surface area (Å²) >= 11 is 9.05. The monoisotopic (exact) mass is 314 g/mol. The number of carbonyl (C=O) groups is 1. The SMILES string of the molecule is Nc1ccc(NC(=O)c2ccc(Br)o2)c(Cl)c1. The molecule has 0 spiro atoms. The normalized spacial score (nSPS) is 10.2. The largest absolute Gasteiger partial charge is 0.444 e. The number of furan rings is 1. The summed E-state index contributed by atoms with van der Waals surface area (Å²) in [7, 11) is 0. The molecule has 1 heterocycles. The Balaban J connectivity index is 2.18. The number of rotatable bonds is 2. The lowest BCUT2D eigenvalue weighted by Gasteiger charge is -2.05. The van der Waals surface area contributed by atoms with Crippen LogP contribution in [0.5, 0.6) is 0 Å². The highest BCUT2D eigenvalue weighted by atomic mass is 79.9. The van der Waals surface area contributed by atoms with Gasteiger partial charge in [-0.25, -0.2) is 0 Å². The first-order valence-electron chi connectivity index (χ1n) is 4.68. The molecule has 0 fully saturated rings. The van der Waals surface area contributed by atoms with Crippen molar-refractivity contribution in [2.75, 3.05) is 11.1 Å². The van der Waals surface area contributed by atoms with Gasteiger partial charge in [0.1, 0.15) is 0 Å². The van der Waals surface area contributed by atoms with Crippen LogP contribution in [-0.4, -0.2) is 5.91 Å². The van der Waals surface area contributed by atoms with Gasteiger partial charge < -0.3 is 15.5 Å². The number of carbonyl (C=O) groups excluding carboxylic acids is 1. The summed E-state index contributed by atoms with van der Waals surface area (Å²) in [5.74, 6) is -0.174. The minimum atomic E-state index is -0.373. The zero-order chi connectivity index (χ0) is 12.4. The second-order valence-electron chi connectivity index (χ2n) is 3.30. The van der Waals surface area contributed by atoms with Crippen LogP contribution in [-0.2, 0) is 0 Å². The van der Waals surface area contributed by atoms with Crippen molar-refractivity contribution >= 4 is 44.8 Å². The predicted octanol–water partition coefficient (Wildman–Crippen LogP) is 3.53. The smallest absolute Gasteiger partial charge is 0.291 e. The average Bonchev–Trinajstić information content (AvgIpc) is 2.69. The van der Waals surface area contributed by atoms with E-state index in [1.165, 1.54) is 0 Å². The molecule has 6 heteroatoms. The van der Waals surface area contributed by atoms with E-state index in [-0.39, 0.29) is 11.7 Å². The fourth-order valence-corrected chi connectivity index (χ4v) is 1.80. The Morgan fingerprint density at radius 2 is 2.12 bits per heavy atom. The third-order valence-electron chi connectivity index (χ3n) is 2.04. The van der Waals surface area contributed by atoms with Gasteiger partial charge in [0.2, 0.25) is 0 Å². The molecule has 0 atom stereocenters. The van der Waals surface area contributed by atoms with Crippen LogP contribution in [0.4, 0.5) is 11.4 Å². The van der Waals surface area contributed by atoms with Gasteiger partial charge in [0.15, 0.2) is 10.4 Å². The number of benzene rings is 1. The van der Waals surface area contributed by atoms with Crippen LogP contribution in [0.15, 0.2) is 39.4 Å². The molecule has 1 aromatic carbocycles. The summed E-state index contributed by atoms with van der Waals surface area (Å²) in [5.41, 5.74) is 6.57. The summed E-state index contributed by atoms with van der Waals surface area (Å²) in [5, 5.41) is 3.00. The highest BCUT2D eigenvalue weighted by molar-refractivity contribution is 9.10. The second kappa shape index (κ2) is 4.81. The number of halogens is 2. The molecule has 0 saturated carbocycles. The van der Waals surface area contributed by atoms with Crippen LogP contribution in [0.2, 0.25) is 5.02 Å². The Labute approximate surface area is 111 Å². The number of nitrogens with one attached hydrogen (secondary N) is 1. The highest BCUT2D eigenvalue weighted by Crippen LogP contribution is 2.25. The van der Waals surface area contributed by atoms with Crippen molar-refractivity contribution in [1.29, 1.82) is 0 Å². The topological polar surface area (TPSA) is 68.3 Å². The minimum Gasteiger partial charge on any atom is -0.444 e. The molecule has 0 radical (unpaired) electrons. The summed E-state index contributed by atoms with van der Waals surface area (Å²) in [6.07, 6.45) is 0. The molecule has 4 nitrogen and oxygen atoms in total. The lowest BCUT2D eigenvalue weighted by atomic mass is 10.3. The van der Waals surface area contributed by atoms with Gasteiger partial charge in [0, 0.05) is 5.69 Å². The Bertz CT molecular complexity index is 568. The number of nitrogens with two attached hydrogens (primary N) is 1. The van der Waals surface area contributed by atoms with Crippen molar-refractivity contribution in [1.82, 2.24) is 0 Å². The average molecular weight is 316 g/mol. The summed E-state index contributed by atoms with van der Waals surface area (Å²) in [6, 6.07) is 8.05. The van der Waals surface area contributed by atoms with Gasteiger partial charge >= 0.3 is 0 Å². The van der Waals surface area contributed by atoms with E-state index in [0.29, 0.717) is 21.1 Å². The maximum Gasteiger partial charge on any atom is 0.291 e. The summed E-state index contributed by atoms with van der Waals surface area (Å²) in [4.78, 5) is 11.7. The third kappa shape index (κ3) is 2.81. The molecule has 88 valence electrons. The van der Waals surface area contributed by atoms with Crippen LogP contribution in [0.25, 0.3) is 0 Å². The van der Waals surface area contributed by atoms with Crippen LogP contribution in [0.1, 0.15) is 10.6 Å². The molecule has 2 aromatic rings. The molecular weight excluding hydrogens is 307 g/mol. The predicted molar refractivity (Wildman–Crippen MR) is 70.2 cm³/mol. The maximum atomic E-state index is 11.7. The third-order valence-corrected chi connectivity index (χ3v) is 2.78. The van der Waals surface area contributed by atoms with Gasteiger partial charge in [0.25, 0.3) is 5.91 Å². The fraction of sp³-hybridized carbons (Fsp3) is 0. The zero-order valence-electron chi connectivity index (χ0n) is 8.54. The van der Waals surface area contributed by atoms with Crippen LogP contribution >= 0.6 is 27.5 Å². The standard InChI is InChI=1S/C11H8BrClN2O2/c12-10-4-3-9(17-10)11(16)15-8-2-1-6(14)5-7(8)13/h1-5H,14H2,(H,15,16). The first kappa shape index (κ1) is 12.0. The van der Waals surface area contributed by atoms with E-state index >= 15 is 0 Å². The van der Waals surface area contributed by atoms with E-state index in [1.54, 1.807) is 30.3 Å². The van der Waals surface area contributed by atoms with E-state index in [4.69, 9.17) is 21.8 Å². The molecule has 0 aliphatic carbocycles. The molecule has 1 amide bonds. The molecule has 0 aliphatic heterocycles. The molecule has 1 aromatic heterocycles. The Hall–Kier alpha value is -1.46. The minimum absolute atomic E-state index is 0.199. The number of amides is 1. The van der Waals surface area contributed by atoms with E-state index in [1.807, 2.05) is 0 Å². The van der Waals surface area contributed by atoms with Crippen molar-refractivity contribution in [3.63, 3.8) is 0 Å². The molecule has 3 N–H and O–H groups in total. The molecule has 0 bridgehead atoms. The van der Waals surface area contributed by atoms with E-state index in [2.05, 4.69) is 21.2 Å². The number of nitrogen functional groups attached to an aromatic ring is 1. The molecule has 0 unspecified atom stereocenters. The first-order chi connectivity index (χ1) is 8.06. The van der Waals surface area contributed by atoms with Crippen molar-refractivity contribution in [3.05, 3.63) is 45.8 Å². The van der Waals surface area contributed by atoms with Crippen LogP contribution in [0.3, 0.4) is 0 Å². The molecule has 0 saturated heterocycles. The maximum absolute atomic E-state index is 11.7. The van der Waals surface area contributed by atoms with Gasteiger partial charge in [-0.15, -0.1) is 0 Å². The second-order valence-corrected chi connectivity index (χ2v) is 4.49. The molecule has 0 aliphatic rings. The van der Waals surface area contributed by atoms with Gasteiger partial charge in [-0.1, -0.05) is 11.6 Å². The highest BCUT2D eigenvalue weighted by Gasteiger charge is 2.12. The molecule has 2 rings (SSSR count). The van der Waals surface area contributed by atoms with E-state index in [0.717, 1.165) is 0 Å². The lowest BCUT2D eigenvalue weighted by Crippen LogP contribution is -2.11. The zero-order valence-corrected chi connectivity index (χ0v) is 10.9. The van der Waals surface area contributed by atoms with Gasteiger partial charge in [-0.2, -0.15) is 0 Å². The Kier molecular flexibility index (Phi) is 3.40. The Morgan fingerprint density at radius 1 is 1.35 bits per heavy atom. The van der Waals surface area contributed by atoms with Crippen molar-refractivity contribution < 1.29 is 9.21 Å². The first-order valence-corrected chi connectivity index (χ1v) is 5.85. The number of anilines is 2. The van der Waals surface area contributed by atoms with Crippen LogP contribution in [0, 0.1) is 0 Å². The Morgan fingerprint density at radius 3 is 2.71 bits per heavy atom. The van der Waals surface area contributed by atoms with Gasteiger partial charge in [-0.05, 0) is 46.3 Å². The lowest BCUT2D eigenvalue weighted by molar-refractivity contribution is 0.0995. The summed E-state index contributed by atoms with van der Waals surface area (Å²) in [6.45, 7) is 0. The molecule has 17 heavy (non-hydrogen) atoms. The molecular formula is C11H8BrClN2O2. The van der Waals surface area contributed by atoms with E-state index in [9.17, 15) is 4.79 Å². The van der Waals surface area contributed by atoms with Crippen molar-refractivity contribution in [2.24, 2.45) is 0 Å². The summed E-state index contributed by atoms with van der Waals surface area (Å²) < 4.78 is 5.61. The van der Waals surface area contributed by atoms with Crippen LogP contribution < -0.4 is 11.1 Å². The number of hydrogen-bond acceptors (Lipinski definition) is 3. The van der Waals surface area contributed by atoms with Gasteiger partial charge in [0.05, 0.1) is 10.7 Å². The fourth-order valence-electron chi connectivity index (χ4n) is 1.25. The van der Waals surface area contributed by atoms with Crippen molar-refractivity contribution in [2.45, 2.75) is 0 Å². The van der Waals surface area contributed by atoms with Gasteiger partial charge in [-0.3, -0.25) is 4.79 Å². The number of hydrogen-bond donors (Lipinski definition) is 2. The quantitative estimate of drug-likeness (QED) is 0.833. The van der Waals surface area contributed by atoms with E-state index < -0.39 is 0 Å². The van der Waals surface area contributed by atoms with Crippen molar-refractivity contribution in [3.8, 4) is 0 Å².